The summed E-state index contributed by atoms with van der Waals surface area (Å²) in [6.07, 6.45) is 0.274. The lowest BCUT2D eigenvalue weighted by molar-refractivity contribution is -0.144. The van der Waals surface area contributed by atoms with E-state index >= 15 is 0 Å². The lowest BCUT2D eigenvalue weighted by atomic mass is 10.1. The van der Waals surface area contributed by atoms with E-state index in [1.807, 2.05) is 30.3 Å². The zero-order chi connectivity index (χ0) is 19.8. The van der Waals surface area contributed by atoms with Gasteiger partial charge in [0.2, 0.25) is 0 Å². The van der Waals surface area contributed by atoms with Crippen LogP contribution in [0.4, 0.5) is 0 Å². The van der Waals surface area contributed by atoms with Gasteiger partial charge < -0.3 is 10.1 Å². The number of esters is 1. The Balaban J connectivity index is 1.67. The number of ether oxygens (including phenoxy) is 1. The van der Waals surface area contributed by atoms with E-state index in [-0.39, 0.29) is 24.7 Å². The molecule has 1 aromatic heterocycles. The third-order valence-electron chi connectivity index (χ3n) is 4.06. The molecule has 0 radical (unpaired) electrons. The van der Waals surface area contributed by atoms with Crippen LogP contribution in [0, 0.1) is 0 Å². The zero-order valence-corrected chi connectivity index (χ0v) is 15.9. The average molecular weight is 393 g/mol. The van der Waals surface area contributed by atoms with Gasteiger partial charge >= 0.3 is 5.97 Å². The van der Waals surface area contributed by atoms with Gasteiger partial charge in [-0.1, -0.05) is 66.7 Å². The van der Waals surface area contributed by atoms with Crippen molar-refractivity contribution in [3.63, 3.8) is 0 Å². The van der Waals surface area contributed by atoms with Crippen LogP contribution in [-0.4, -0.2) is 30.3 Å². The predicted molar refractivity (Wildman–Crippen MR) is 107 cm³/mol. The Kier molecular flexibility index (Phi) is 6.70. The normalized spacial score (nSPS) is 11.4. The Bertz CT molecular complexity index is 924. The summed E-state index contributed by atoms with van der Waals surface area (Å²) in [5, 5.41) is 4.51. The number of hydrogen-bond acceptors (Lipinski definition) is 5. The number of benzene rings is 2. The zero-order valence-electron chi connectivity index (χ0n) is 15.0. The maximum absolute atomic E-state index is 12.6. The Hall–Kier alpha value is -3.25. The summed E-state index contributed by atoms with van der Waals surface area (Å²) in [6.45, 7) is -0.372. The highest BCUT2D eigenvalue weighted by Crippen LogP contribution is 2.11. The van der Waals surface area contributed by atoms with Crippen molar-refractivity contribution < 1.29 is 19.1 Å². The minimum atomic E-state index is -0.888. The summed E-state index contributed by atoms with van der Waals surface area (Å²) in [7, 11) is 0. The van der Waals surface area contributed by atoms with Crippen molar-refractivity contribution in [1.29, 1.82) is 0 Å². The first kappa shape index (κ1) is 19.5. The van der Waals surface area contributed by atoms with Crippen LogP contribution in [0.1, 0.15) is 25.6 Å². The van der Waals surface area contributed by atoms with Crippen LogP contribution in [0.2, 0.25) is 0 Å². The average Bonchev–Trinajstić information content (AvgIpc) is 3.28. The molecule has 0 unspecified atom stereocenters. The van der Waals surface area contributed by atoms with Crippen LogP contribution in [0.5, 0.6) is 0 Å². The minimum absolute atomic E-state index is 0.274. The highest BCUT2D eigenvalue weighted by atomic mass is 32.1. The van der Waals surface area contributed by atoms with Gasteiger partial charge in [0.05, 0.1) is 4.88 Å². The van der Waals surface area contributed by atoms with E-state index in [9.17, 15) is 14.4 Å². The summed E-state index contributed by atoms with van der Waals surface area (Å²) >= 11 is 1.29. The molecule has 0 saturated heterocycles. The van der Waals surface area contributed by atoms with Crippen LogP contribution in [0.25, 0.3) is 0 Å². The molecule has 142 valence electrons. The highest BCUT2D eigenvalue weighted by Gasteiger charge is 2.24. The monoisotopic (exact) mass is 393 g/mol. The summed E-state index contributed by atoms with van der Waals surface area (Å²) in [6, 6.07) is 20.5. The summed E-state index contributed by atoms with van der Waals surface area (Å²) in [4.78, 5) is 37.7. The van der Waals surface area contributed by atoms with Crippen LogP contribution >= 0.6 is 11.3 Å². The molecule has 6 heteroatoms. The maximum Gasteiger partial charge on any atom is 0.329 e. The van der Waals surface area contributed by atoms with E-state index in [1.165, 1.54) is 11.3 Å². The Morgan fingerprint density at radius 2 is 1.57 bits per heavy atom. The van der Waals surface area contributed by atoms with Crippen molar-refractivity contribution in [2.45, 2.75) is 12.5 Å². The number of hydrogen-bond donors (Lipinski definition) is 1. The topological polar surface area (TPSA) is 72.5 Å². The number of nitrogens with one attached hydrogen (secondary N) is 1. The molecule has 0 bridgehead atoms. The molecule has 0 aliphatic carbocycles. The molecule has 1 heterocycles. The van der Waals surface area contributed by atoms with Crippen LogP contribution < -0.4 is 5.32 Å². The quantitative estimate of drug-likeness (QED) is 0.470. The van der Waals surface area contributed by atoms with Gasteiger partial charge in [0.15, 0.2) is 12.4 Å². The number of thiophene rings is 1. The fourth-order valence-electron chi connectivity index (χ4n) is 2.62. The Labute approximate surface area is 167 Å². The number of Topliss-reactive ketones (excluding diaryl/α,β-unsaturated/α-hetero) is 1. The third kappa shape index (κ3) is 5.37. The molecule has 1 atom stereocenters. The highest BCUT2D eigenvalue weighted by molar-refractivity contribution is 7.12. The molecule has 1 amide bonds. The third-order valence-corrected chi connectivity index (χ3v) is 4.93. The Morgan fingerprint density at radius 3 is 2.21 bits per heavy atom. The van der Waals surface area contributed by atoms with Gasteiger partial charge in [0, 0.05) is 12.0 Å². The molecule has 5 nitrogen and oxygen atoms in total. The molecule has 3 rings (SSSR count). The van der Waals surface area contributed by atoms with Crippen LogP contribution in [-0.2, 0) is 16.0 Å². The van der Waals surface area contributed by atoms with Crippen molar-refractivity contribution in [3.05, 3.63) is 94.2 Å². The summed E-state index contributed by atoms with van der Waals surface area (Å²) < 4.78 is 5.21. The Morgan fingerprint density at radius 1 is 0.893 bits per heavy atom. The molecule has 0 spiro atoms. The van der Waals surface area contributed by atoms with Gasteiger partial charge in [0.25, 0.3) is 5.91 Å². The molecule has 3 aromatic rings. The summed E-state index contributed by atoms with van der Waals surface area (Å²) in [5.74, 6) is -1.28. The fraction of sp³-hybridized carbons (Fsp3) is 0.136. The standard InChI is InChI=1S/C22H19NO4S/c24-19(17-10-5-2-6-11-17)15-27-22(26)18(14-16-8-3-1-4-9-16)23-21(25)20-12-7-13-28-20/h1-13,18H,14-15H2,(H,23,25)/t18-/m0/s1. The van der Waals surface area contributed by atoms with Gasteiger partial charge in [-0.2, -0.15) is 0 Å². The molecule has 2 aromatic carbocycles. The van der Waals surface area contributed by atoms with Gasteiger partial charge in [-0.25, -0.2) is 4.79 Å². The van der Waals surface area contributed by atoms with Crippen LogP contribution in [0.3, 0.4) is 0 Å². The number of ketones is 1. The maximum atomic E-state index is 12.6. The van der Waals surface area contributed by atoms with E-state index in [0.717, 1.165) is 5.56 Å². The SMILES string of the molecule is O=C(COC(=O)[C@H](Cc1ccccc1)NC(=O)c1cccs1)c1ccccc1. The first-order valence-corrected chi connectivity index (χ1v) is 9.64. The van der Waals surface area contributed by atoms with Crippen molar-refractivity contribution in [2.75, 3.05) is 6.61 Å². The molecule has 0 fully saturated rings. The number of carbonyl (C=O) groups is 3. The van der Waals surface area contributed by atoms with Gasteiger partial charge in [-0.05, 0) is 17.0 Å². The predicted octanol–water partition coefficient (Wildman–Crippen LogP) is 3.52. The first-order valence-electron chi connectivity index (χ1n) is 8.76. The number of carbonyl (C=O) groups excluding carboxylic acids is 3. The lowest BCUT2D eigenvalue weighted by Crippen LogP contribution is -2.43. The molecular formula is C22H19NO4S. The van der Waals surface area contributed by atoms with Crippen molar-refractivity contribution in [2.24, 2.45) is 0 Å². The second-order valence-corrected chi connectivity index (χ2v) is 7.04. The number of rotatable bonds is 8. The minimum Gasteiger partial charge on any atom is -0.456 e. The van der Waals surface area contributed by atoms with E-state index in [0.29, 0.717) is 10.4 Å². The van der Waals surface area contributed by atoms with E-state index in [4.69, 9.17) is 4.74 Å². The van der Waals surface area contributed by atoms with E-state index in [2.05, 4.69) is 5.32 Å². The lowest BCUT2D eigenvalue weighted by Gasteiger charge is -2.17. The van der Waals surface area contributed by atoms with Crippen molar-refractivity contribution in [1.82, 2.24) is 5.32 Å². The van der Waals surface area contributed by atoms with Crippen LogP contribution in [0.15, 0.2) is 78.2 Å². The van der Waals surface area contributed by atoms with E-state index < -0.39 is 12.0 Å². The van der Waals surface area contributed by atoms with Gasteiger partial charge in [-0.3, -0.25) is 9.59 Å². The van der Waals surface area contributed by atoms with Gasteiger partial charge in [-0.15, -0.1) is 11.3 Å². The molecule has 0 aliphatic rings. The van der Waals surface area contributed by atoms with E-state index in [1.54, 1.807) is 47.8 Å². The largest absolute Gasteiger partial charge is 0.456 e. The second-order valence-electron chi connectivity index (χ2n) is 6.09. The molecule has 1 N–H and O–H groups in total. The fourth-order valence-corrected chi connectivity index (χ4v) is 3.25. The van der Waals surface area contributed by atoms with Crippen molar-refractivity contribution in [3.8, 4) is 0 Å². The van der Waals surface area contributed by atoms with Crippen molar-refractivity contribution >= 4 is 29.0 Å². The summed E-state index contributed by atoms with van der Waals surface area (Å²) in [5.41, 5.74) is 1.35. The molecule has 0 saturated carbocycles. The smallest absolute Gasteiger partial charge is 0.329 e. The molecular weight excluding hydrogens is 374 g/mol. The van der Waals surface area contributed by atoms with Gasteiger partial charge in [0.1, 0.15) is 6.04 Å². The molecule has 28 heavy (non-hydrogen) atoms. The number of amides is 1. The molecule has 0 aliphatic heterocycles. The second kappa shape index (κ2) is 9.62. The first-order chi connectivity index (χ1) is 13.6.